The largest absolute Gasteiger partial charge is 0.509 e. The van der Waals surface area contributed by atoms with E-state index in [4.69, 9.17) is 28.4 Å². The first-order valence-corrected chi connectivity index (χ1v) is 13.3. The summed E-state index contributed by atoms with van der Waals surface area (Å²) in [6, 6.07) is 0. The van der Waals surface area contributed by atoms with Crippen molar-refractivity contribution in [2.75, 3.05) is 6.61 Å². The van der Waals surface area contributed by atoms with Crippen molar-refractivity contribution in [3.05, 3.63) is 28.9 Å². The summed E-state index contributed by atoms with van der Waals surface area (Å²) in [5.74, 6) is 0.865. The van der Waals surface area contributed by atoms with E-state index in [2.05, 4.69) is 25.8 Å². The number of carbonyl (C=O) groups excluding carboxylic acids is 2. The maximum absolute atomic E-state index is 13.1. The van der Waals surface area contributed by atoms with Gasteiger partial charge < -0.3 is 33.0 Å². The van der Waals surface area contributed by atoms with Crippen LogP contribution in [0.3, 0.4) is 0 Å². The highest BCUT2D eigenvalue weighted by atomic mass is 16.8. The van der Waals surface area contributed by atoms with Gasteiger partial charge in [-0.05, 0) is 43.6 Å². The van der Waals surface area contributed by atoms with Crippen molar-refractivity contribution < 1.29 is 38.0 Å². The summed E-state index contributed by atoms with van der Waals surface area (Å²) in [7, 11) is 1.88. The van der Waals surface area contributed by atoms with Crippen LogP contribution in [0.25, 0.3) is 0 Å². The number of carbonyl (C=O) groups is 2. The molecule has 9 atom stereocenters. The predicted molar refractivity (Wildman–Crippen MR) is 124 cm³/mol. The maximum atomic E-state index is 13.1. The van der Waals surface area contributed by atoms with Gasteiger partial charge in [0, 0.05) is 18.0 Å². The molecule has 1 aromatic rings. The molecule has 37 heavy (non-hydrogen) atoms. The molecule has 10 nitrogen and oxygen atoms in total. The Labute approximate surface area is 214 Å². The van der Waals surface area contributed by atoms with Crippen molar-refractivity contribution in [2.24, 2.45) is 24.3 Å². The van der Waals surface area contributed by atoms with Gasteiger partial charge in [0.2, 0.25) is 0 Å². The molecule has 1 unspecified atom stereocenters. The van der Waals surface area contributed by atoms with Crippen LogP contribution in [0.4, 0.5) is 4.79 Å². The zero-order valence-corrected chi connectivity index (χ0v) is 21.7. The molecule has 0 radical (unpaired) electrons. The Hall–Kier alpha value is -2.43. The van der Waals surface area contributed by atoms with Crippen LogP contribution in [0, 0.1) is 24.2 Å². The van der Waals surface area contributed by atoms with Crippen LogP contribution in [0.15, 0.2) is 17.3 Å². The van der Waals surface area contributed by atoms with E-state index < -0.39 is 29.1 Å². The zero-order valence-electron chi connectivity index (χ0n) is 21.7. The molecular formula is C27H32N2O8. The number of ether oxygens (including phenoxy) is 6. The molecule has 2 spiro atoms. The van der Waals surface area contributed by atoms with Crippen LogP contribution in [0.1, 0.15) is 51.6 Å². The lowest BCUT2D eigenvalue weighted by Gasteiger charge is -2.53. The Morgan fingerprint density at radius 3 is 2.81 bits per heavy atom. The number of rotatable bonds is 4. The summed E-state index contributed by atoms with van der Waals surface area (Å²) in [6.07, 6.45) is 2.05. The summed E-state index contributed by atoms with van der Waals surface area (Å²) in [5, 5.41) is 0. The second-order valence-corrected chi connectivity index (χ2v) is 12.4. The minimum Gasteiger partial charge on any atom is -0.458 e. The quantitative estimate of drug-likeness (QED) is 0.443. The van der Waals surface area contributed by atoms with Gasteiger partial charge in [-0.3, -0.25) is 0 Å². The molecule has 8 rings (SSSR count). The summed E-state index contributed by atoms with van der Waals surface area (Å²) < 4.78 is 38.9. The number of esters is 1. The number of aryl methyl sites for hydroxylation is 1. The van der Waals surface area contributed by atoms with Gasteiger partial charge in [0.05, 0.1) is 18.0 Å². The van der Waals surface area contributed by atoms with E-state index >= 15 is 0 Å². The number of hydrogen-bond acceptors (Lipinski definition) is 9. The van der Waals surface area contributed by atoms with Crippen LogP contribution in [0.2, 0.25) is 0 Å². The fraction of sp³-hybridized carbons (Fsp3) is 0.741. The molecule has 2 saturated carbocycles. The molecule has 4 aliphatic heterocycles. The zero-order chi connectivity index (χ0) is 25.7. The lowest BCUT2D eigenvalue weighted by atomic mass is 9.46. The number of imidazole rings is 1. The Kier molecular flexibility index (Phi) is 4.01. The first kappa shape index (κ1) is 22.5. The fourth-order valence-electron chi connectivity index (χ4n) is 8.79. The summed E-state index contributed by atoms with van der Waals surface area (Å²) in [6.45, 7) is 8.75. The molecule has 0 aromatic carbocycles. The molecule has 0 amide bonds. The average Bonchev–Trinajstić information content (AvgIpc) is 3.78. The summed E-state index contributed by atoms with van der Waals surface area (Å²) in [5.41, 5.74) is 0.338. The minimum atomic E-state index is -0.788. The van der Waals surface area contributed by atoms with E-state index in [1.54, 1.807) is 6.20 Å². The molecule has 198 valence electrons. The third-order valence-corrected chi connectivity index (χ3v) is 10.9. The van der Waals surface area contributed by atoms with E-state index in [1.807, 2.05) is 18.5 Å². The Bertz CT molecular complexity index is 1300. The smallest absolute Gasteiger partial charge is 0.458 e. The molecule has 3 aliphatic carbocycles. The van der Waals surface area contributed by atoms with Gasteiger partial charge in [0.25, 0.3) is 0 Å². The average molecular weight is 513 g/mol. The number of nitrogens with zero attached hydrogens (tertiary/aromatic N) is 2. The highest BCUT2D eigenvalue weighted by molar-refractivity contribution is 5.92. The molecule has 3 saturated heterocycles. The number of hydrogen-bond donors (Lipinski definition) is 0. The van der Waals surface area contributed by atoms with E-state index in [1.165, 1.54) is 0 Å². The van der Waals surface area contributed by atoms with Gasteiger partial charge in [-0.25, -0.2) is 14.6 Å². The number of fused-ring (bicyclic) bond motifs is 4. The predicted octanol–water partition coefficient (Wildman–Crippen LogP) is 2.51. The van der Waals surface area contributed by atoms with Gasteiger partial charge in [-0.15, -0.1) is 0 Å². The van der Waals surface area contributed by atoms with E-state index in [9.17, 15) is 9.59 Å². The second-order valence-electron chi connectivity index (χ2n) is 12.4. The molecule has 1 aromatic heterocycles. The molecule has 7 aliphatic rings. The van der Waals surface area contributed by atoms with E-state index in [0.717, 1.165) is 35.5 Å². The number of aromatic nitrogens is 2. The third-order valence-electron chi connectivity index (χ3n) is 10.9. The van der Waals surface area contributed by atoms with Gasteiger partial charge in [-0.1, -0.05) is 20.8 Å². The molecule has 10 heteroatoms. The number of epoxide rings is 3. The lowest BCUT2D eigenvalue weighted by Crippen LogP contribution is -2.70. The first-order valence-electron chi connectivity index (χ1n) is 13.3. The topological polar surface area (TPSA) is 117 Å². The first-order chi connectivity index (χ1) is 17.6. The molecular weight excluding hydrogens is 480 g/mol. The van der Waals surface area contributed by atoms with Crippen molar-refractivity contribution >= 4 is 12.1 Å². The third kappa shape index (κ3) is 2.34. The van der Waals surface area contributed by atoms with Crippen molar-refractivity contribution in [1.82, 2.24) is 9.55 Å². The molecule has 5 heterocycles. The SMILES string of the molecule is Cc1ncc(COC(=O)O[C@@H]2[C@@]3(C(C)C)O[C@H]3[C@@H]3O[C@]34[C@]23O[C@H]3CC2C3=C(CC[C@@]24C)C(=O)OC3)n1C. The number of cyclic esters (lactones) is 1. The summed E-state index contributed by atoms with van der Waals surface area (Å²) >= 11 is 0. The highest BCUT2D eigenvalue weighted by Crippen LogP contribution is 2.83. The van der Waals surface area contributed by atoms with Gasteiger partial charge >= 0.3 is 12.1 Å². The Morgan fingerprint density at radius 2 is 2.08 bits per heavy atom. The standard InChI is InChI=1S/C27H32N2O8/c1-12(2)25-19(36-25)20-27(37-20)24(4)7-6-15-16(11-32-21(15)30)17(24)8-18-26(27,35-18)22(25)34-23(31)33-10-14-9-28-13(3)29(14)5/h9,12,17-20,22H,6-8,10-11H2,1-5H3/t17?,18-,19-,20-,22+,24-,25-,26+,27+/m0/s1. The van der Waals surface area contributed by atoms with Crippen LogP contribution < -0.4 is 0 Å². The summed E-state index contributed by atoms with van der Waals surface area (Å²) in [4.78, 5) is 29.8. The van der Waals surface area contributed by atoms with Crippen LogP contribution in [-0.2, 0) is 46.9 Å². The van der Waals surface area contributed by atoms with E-state index in [-0.39, 0.29) is 48.1 Å². The van der Waals surface area contributed by atoms with Crippen LogP contribution in [0.5, 0.6) is 0 Å². The van der Waals surface area contributed by atoms with Gasteiger partial charge in [0.1, 0.15) is 42.4 Å². The minimum absolute atomic E-state index is 0.0637. The highest BCUT2D eigenvalue weighted by Gasteiger charge is 3.01. The monoisotopic (exact) mass is 512 g/mol. The van der Waals surface area contributed by atoms with Gasteiger partial charge in [0.15, 0.2) is 11.7 Å². The molecule has 0 bridgehead atoms. The van der Waals surface area contributed by atoms with E-state index in [0.29, 0.717) is 13.0 Å². The maximum Gasteiger partial charge on any atom is 0.509 e. The molecule has 0 N–H and O–H groups in total. The Balaban J connectivity index is 1.14. The normalized spacial score (nSPS) is 47.6. The molecule has 5 fully saturated rings. The lowest BCUT2D eigenvalue weighted by molar-refractivity contribution is -0.136. The van der Waals surface area contributed by atoms with Crippen molar-refractivity contribution in [1.29, 1.82) is 0 Å². The van der Waals surface area contributed by atoms with Crippen LogP contribution >= 0.6 is 0 Å². The Morgan fingerprint density at radius 1 is 1.27 bits per heavy atom. The fourth-order valence-corrected chi connectivity index (χ4v) is 8.79. The van der Waals surface area contributed by atoms with Gasteiger partial charge in [-0.2, -0.15) is 0 Å². The van der Waals surface area contributed by atoms with Crippen molar-refractivity contribution in [3.8, 4) is 0 Å². The second kappa shape index (κ2) is 6.58. The van der Waals surface area contributed by atoms with Crippen molar-refractivity contribution in [2.45, 2.75) is 94.8 Å². The van der Waals surface area contributed by atoms with Crippen molar-refractivity contribution in [3.63, 3.8) is 0 Å². The van der Waals surface area contributed by atoms with Crippen LogP contribution in [-0.4, -0.2) is 69.5 Å².